The summed E-state index contributed by atoms with van der Waals surface area (Å²) in [6.07, 6.45) is 9.08. The maximum Gasteiger partial charge on any atom is 0.222 e. The fourth-order valence-corrected chi connectivity index (χ4v) is 4.48. The zero-order valence-corrected chi connectivity index (χ0v) is 18.9. The van der Waals surface area contributed by atoms with Crippen LogP contribution in [0, 0.1) is 19.8 Å². The van der Waals surface area contributed by atoms with E-state index in [0.29, 0.717) is 5.02 Å². The zero-order valence-electron chi connectivity index (χ0n) is 18.2. The average Bonchev–Trinajstić information content (AvgIpc) is 3.58. The van der Waals surface area contributed by atoms with Crippen LogP contribution in [0.2, 0.25) is 5.02 Å². The third-order valence-corrected chi connectivity index (χ3v) is 6.56. The molecular formula is C24H27ClN6. The van der Waals surface area contributed by atoms with Crippen molar-refractivity contribution in [2.75, 3.05) is 23.3 Å². The van der Waals surface area contributed by atoms with Gasteiger partial charge in [0.15, 0.2) is 0 Å². The van der Waals surface area contributed by atoms with Crippen LogP contribution in [0.3, 0.4) is 0 Å². The monoisotopic (exact) mass is 434 g/mol. The summed E-state index contributed by atoms with van der Waals surface area (Å²) in [5.74, 6) is 2.44. The molecule has 160 valence electrons. The Morgan fingerprint density at radius 2 is 1.94 bits per heavy atom. The third kappa shape index (κ3) is 4.09. The molecule has 1 aliphatic heterocycles. The predicted octanol–water partition coefficient (Wildman–Crippen LogP) is 5.15. The number of rotatable bonds is 5. The maximum atomic E-state index is 6.52. The molecule has 5 rings (SSSR count). The van der Waals surface area contributed by atoms with Gasteiger partial charge in [0, 0.05) is 49.2 Å². The highest BCUT2D eigenvalue weighted by molar-refractivity contribution is 6.33. The molecule has 0 unspecified atom stereocenters. The van der Waals surface area contributed by atoms with Crippen molar-refractivity contribution in [3.8, 4) is 11.3 Å². The summed E-state index contributed by atoms with van der Waals surface area (Å²) in [6.45, 7) is 8.12. The van der Waals surface area contributed by atoms with E-state index in [0.717, 1.165) is 70.8 Å². The molecule has 0 spiro atoms. The van der Waals surface area contributed by atoms with Crippen LogP contribution in [0.5, 0.6) is 0 Å². The first kappa shape index (κ1) is 20.2. The highest BCUT2D eigenvalue weighted by Gasteiger charge is 2.28. The van der Waals surface area contributed by atoms with E-state index in [1.54, 1.807) is 6.20 Å². The van der Waals surface area contributed by atoms with Crippen molar-refractivity contribution < 1.29 is 0 Å². The van der Waals surface area contributed by atoms with E-state index < -0.39 is 0 Å². The molecule has 6 nitrogen and oxygen atoms in total. The van der Waals surface area contributed by atoms with Gasteiger partial charge in [-0.25, -0.2) is 15.0 Å². The lowest BCUT2D eigenvalue weighted by atomic mass is 9.99. The Hall–Kier alpha value is -2.73. The Labute approximate surface area is 188 Å². The second-order valence-corrected chi connectivity index (χ2v) is 9.15. The van der Waals surface area contributed by atoms with Gasteiger partial charge in [-0.2, -0.15) is 0 Å². The molecule has 0 saturated heterocycles. The Kier molecular flexibility index (Phi) is 5.26. The molecular weight excluding hydrogens is 408 g/mol. The number of fused-ring (bicyclic) bond motifs is 1. The molecule has 1 fully saturated rings. The fraction of sp³-hybridized carbons (Fsp3) is 0.417. The summed E-state index contributed by atoms with van der Waals surface area (Å²) < 4.78 is 0. The number of aromatic nitrogens is 4. The highest BCUT2D eigenvalue weighted by atomic mass is 35.5. The van der Waals surface area contributed by atoms with Gasteiger partial charge in [-0.3, -0.25) is 4.98 Å². The van der Waals surface area contributed by atoms with Crippen LogP contribution in [-0.2, 0) is 6.42 Å². The van der Waals surface area contributed by atoms with Crippen molar-refractivity contribution in [2.45, 2.75) is 46.1 Å². The summed E-state index contributed by atoms with van der Waals surface area (Å²) in [4.78, 5) is 20.9. The fourth-order valence-electron chi connectivity index (χ4n) is 4.28. The number of pyridine rings is 2. The molecule has 4 heterocycles. The van der Waals surface area contributed by atoms with E-state index in [-0.39, 0.29) is 6.04 Å². The molecule has 1 N–H and O–H groups in total. The summed E-state index contributed by atoms with van der Waals surface area (Å²) in [5.41, 5.74) is 6.35. The van der Waals surface area contributed by atoms with Crippen LogP contribution in [-0.4, -0.2) is 33.0 Å². The van der Waals surface area contributed by atoms with Crippen molar-refractivity contribution in [1.82, 2.24) is 19.9 Å². The minimum Gasteiger partial charge on any atom is -0.354 e. The number of nitrogens with one attached hydrogen (secondary N) is 1. The lowest BCUT2D eigenvalue weighted by Gasteiger charge is -2.35. The van der Waals surface area contributed by atoms with Crippen molar-refractivity contribution in [3.63, 3.8) is 0 Å². The minimum absolute atomic E-state index is 0.134. The van der Waals surface area contributed by atoms with E-state index in [1.165, 1.54) is 12.8 Å². The molecule has 3 aromatic heterocycles. The van der Waals surface area contributed by atoms with Gasteiger partial charge in [0.05, 0.1) is 22.5 Å². The standard InChI is InChI=1S/C24H27ClN6/c1-14-8-15(2)23(27-10-14)18-9-22(26-13-20(18)25)31-7-6-21-19(16(31)3)12-29-24(30-21)28-11-17-4-5-17/h8-10,12-13,16-17H,4-7,11H2,1-3H3,(H,28,29,30)/t16-/m1/s1. The first-order chi connectivity index (χ1) is 15.0. The Bertz CT molecular complexity index is 1130. The van der Waals surface area contributed by atoms with Gasteiger partial charge in [-0.15, -0.1) is 0 Å². The molecule has 1 atom stereocenters. The lowest BCUT2D eigenvalue weighted by Crippen LogP contribution is -2.35. The molecule has 0 bridgehead atoms. The van der Waals surface area contributed by atoms with E-state index in [1.807, 2.05) is 19.3 Å². The molecule has 0 radical (unpaired) electrons. The molecule has 1 aliphatic carbocycles. The number of anilines is 2. The quantitative estimate of drug-likeness (QED) is 0.599. The number of aryl methyl sites for hydroxylation is 2. The normalized spacial score (nSPS) is 18.1. The van der Waals surface area contributed by atoms with Crippen molar-refractivity contribution in [2.24, 2.45) is 5.92 Å². The van der Waals surface area contributed by atoms with E-state index >= 15 is 0 Å². The average molecular weight is 435 g/mol. The first-order valence-electron chi connectivity index (χ1n) is 10.9. The number of halogens is 1. The summed E-state index contributed by atoms with van der Waals surface area (Å²) in [6, 6.07) is 4.32. The minimum atomic E-state index is 0.134. The molecule has 2 aliphatic rings. The van der Waals surface area contributed by atoms with Crippen LogP contribution in [0.15, 0.2) is 30.7 Å². The molecule has 0 aromatic carbocycles. The van der Waals surface area contributed by atoms with Crippen LogP contribution >= 0.6 is 11.6 Å². The zero-order chi connectivity index (χ0) is 21.5. The largest absolute Gasteiger partial charge is 0.354 e. The smallest absolute Gasteiger partial charge is 0.222 e. The molecule has 31 heavy (non-hydrogen) atoms. The van der Waals surface area contributed by atoms with Gasteiger partial charge in [0.1, 0.15) is 5.82 Å². The van der Waals surface area contributed by atoms with Gasteiger partial charge >= 0.3 is 0 Å². The first-order valence-corrected chi connectivity index (χ1v) is 11.3. The Morgan fingerprint density at radius 3 is 2.71 bits per heavy atom. The maximum absolute atomic E-state index is 6.52. The van der Waals surface area contributed by atoms with Gasteiger partial charge in [0.25, 0.3) is 0 Å². The SMILES string of the molecule is Cc1cnc(-c2cc(N3CCc4nc(NCC5CC5)ncc4[C@H]3C)ncc2Cl)c(C)c1. The topological polar surface area (TPSA) is 66.8 Å². The highest BCUT2D eigenvalue weighted by Crippen LogP contribution is 2.36. The van der Waals surface area contributed by atoms with Gasteiger partial charge in [0.2, 0.25) is 5.95 Å². The second-order valence-electron chi connectivity index (χ2n) is 8.74. The molecule has 3 aromatic rings. The van der Waals surface area contributed by atoms with Crippen molar-refractivity contribution >= 4 is 23.4 Å². The van der Waals surface area contributed by atoms with E-state index in [2.05, 4.69) is 51.1 Å². The lowest BCUT2D eigenvalue weighted by molar-refractivity contribution is 0.602. The number of hydrogen-bond acceptors (Lipinski definition) is 6. The molecule has 1 saturated carbocycles. The summed E-state index contributed by atoms with van der Waals surface area (Å²) >= 11 is 6.52. The van der Waals surface area contributed by atoms with Gasteiger partial charge in [-0.05, 0) is 56.7 Å². The van der Waals surface area contributed by atoms with Gasteiger partial charge < -0.3 is 10.2 Å². The van der Waals surface area contributed by atoms with E-state index in [4.69, 9.17) is 16.6 Å². The second kappa shape index (κ2) is 8.08. The number of hydrogen-bond donors (Lipinski definition) is 1. The van der Waals surface area contributed by atoms with Gasteiger partial charge in [-0.1, -0.05) is 17.7 Å². The molecule has 0 amide bonds. The number of nitrogens with zero attached hydrogens (tertiary/aromatic N) is 5. The molecule has 7 heteroatoms. The Balaban J connectivity index is 1.42. The van der Waals surface area contributed by atoms with Crippen LogP contribution < -0.4 is 10.2 Å². The van der Waals surface area contributed by atoms with Crippen molar-refractivity contribution in [3.05, 3.63) is 58.1 Å². The third-order valence-electron chi connectivity index (χ3n) is 6.26. The summed E-state index contributed by atoms with van der Waals surface area (Å²) in [7, 11) is 0. The van der Waals surface area contributed by atoms with Crippen LogP contribution in [0.25, 0.3) is 11.3 Å². The van der Waals surface area contributed by atoms with Crippen LogP contribution in [0.1, 0.15) is 48.2 Å². The van der Waals surface area contributed by atoms with E-state index in [9.17, 15) is 0 Å². The Morgan fingerprint density at radius 1 is 1.10 bits per heavy atom. The predicted molar refractivity (Wildman–Crippen MR) is 125 cm³/mol. The van der Waals surface area contributed by atoms with Crippen molar-refractivity contribution in [1.29, 1.82) is 0 Å². The summed E-state index contributed by atoms with van der Waals surface area (Å²) in [5, 5.41) is 4.00. The van der Waals surface area contributed by atoms with Crippen LogP contribution in [0.4, 0.5) is 11.8 Å².